The average Bonchev–Trinajstić information content (AvgIpc) is 3.77. The highest BCUT2D eigenvalue weighted by Gasteiger charge is 2.53. The molecule has 15 nitrogen and oxygen atoms in total. The lowest BCUT2D eigenvalue weighted by Gasteiger charge is -2.50. The van der Waals surface area contributed by atoms with E-state index in [2.05, 4.69) is 14.7 Å². The second-order valence-corrected chi connectivity index (χ2v) is 14.1. The summed E-state index contributed by atoms with van der Waals surface area (Å²) >= 11 is 10.1. The van der Waals surface area contributed by atoms with Crippen LogP contribution in [0.1, 0.15) is 22.6 Å². The molecule has 6 heterocycles. The average molecular weight is 731 g/mol. The molecular formula is C29H27ClN8O7S3. The normalized spacial score (nSPS) is 17.3. The minimum Gasteiger partial charge on any atom is -0.543 e. The minimum atomic E-state index is -1.45. The number of thioether (sulfide) groups is 1. The quantitative estimate of drug-likeness (QED) is 0.0428. The second-order valence-electron chi connectivity index (χ2n) is 10.4. The van der Waals surface area contributed by atoms with E-state index in [4.69, 9.17) is 43.2 Å². The van der Waals surface area contributed by atoms with Crippen LogP contribution in [0.25, 0.3) is 10.9 Å². The van der Waals surface area contributed by atoms with Crippen LogP contribution in [-0.4, -0.2) is 73.5 Å². The number of rotatable bonds is 11. The summed E-state index contributed by atoms with van der Waals surface area (Å²) in [6, 6.07) is 5.83. The number of aromatic nitrogens is 3. The number of nitrogens with two attached hydrogens (primary N) is 2. The van der Waals surface area contributed by atoms with Crippen molar-refractivity contribution in [1.29, 1.82) is 5.41 Å². The maximum Gasteiger partial charge on any atom is 0.290 e. The number of aliphatic carboxylic acids is 1. The van der Waals surface area contributed by atoms with Gasteiger partial charge in [0.05, 0.1) is 29.5 Å². The highest BCUT2D eigenvalue weighted by molar-refractivity contribution is 8.00. The summed E-state index contributed by atoms with van der Waals surface area (Å²) in [5.41, 5.74) is 13.2. The molecule has 1 fully saturated rings. The number of oxime groups is 1. The van der Waals surface area contributed by atoms with E-state index in [-0.39, 0.29) is 51.8 Å². The van der Waals surface area contributed by atoms with Gasteiger partial charge in [-0.25, -0.2) is 4.98 Å². The van der Waals surface area contributed by atoms with Crippen LogP contribution < -0.4 is 21.1 Å². The highest BCUT2D eigenvalue weighted by atomic mass is 35.5. The van der Waals surface area contributed by atoms with Gasteiger partial charge in [-0.3, -0.25) is 24.7 Å². The van der Waals surface area contributed by atoms with E-state index in [0.29, 0.717) is 23.4 Å². The number of Topliss-reactive ketones (excluding diaryl/α,β-unsaturated/α-hetero) is 1. The van der Waals surface area contributed by atoms with E-state index in [1.165, 1.54) is 35.1 Å². The van der Waals surface area contributed by atoms with Gasteiger partial charge in [-0.1, -0.05) is 28.1 Å². The van der Waals surface area contributed by atoms with Gasteiger partial charge in [0.2, 0.25) is 5.91 Å². The highest BCUT2D eigenvalue weighted by Crippen LogP contribution is 2.45. The molecule has 0 spiro atoms. The van der Waals surface area contributed by atoms with Crippen LogP contribution in [0, 0.1) is 11.3 Å². The first-order valence-electron chi connectivity index (χ1n) is 13.9. The fraction of sp³-hybridized carbons (Fsp3) is 0.241. The maximum atomic E-state index is 13.3. The smallest absolute Gasteiger partial charge is 0.290 e. The van der Waals surface area contributed by atoms with Crippen LogP contribution in [0.2, 0.25) is 4.34 Å². The molecule has 0 bridgehead atoms. The summed E-state index contributed by atoms with van der Waals surface area (Å²) in [6.07, 6.45) is 5.52. The van der Waals surface area contributed by atoms with E-state index in [9.17, 15) is 19.5 Å². The Bertz CT molecular complexity index is 2000. The van der Waals surface area contributed by atoms with Gasteiger partial charge < -0.3 is 35.9 Å². The molecule has 250 valence electrons. The summed E-state index contributed by atoms with van der Waals surface area (Å²) in [6.45, 7) is 0.552. The van der Waals surface area contributed by atoms with Gasteiger partial charge in [0.15, 0.2) is 35.6 Å². The number of nitrogen functional groups attached to an aromatic ring is 2. The molecular weight excluding hydrogens is 704 g/mol. The zero-order valence-corrected chi connectivity index (χ0v) is 28.2. The number of hydrogen-bond acceptors (Lipinski definition) is 13. The van der Waals surface area contributed by atoms with Crippen LogP contribution >= 0.6 is 46.0 Å². The van der Waals surface area contributed by atoms with E-state index in [1.54, 1.807) is 0 Å². The topological polar surface area (TPSA) is 234 Å². The number of pyridine rings is 1. The number of ketones is 1. The zero-order valence-electron chi connectivity index (χ0n) is 25.0. The summed E-state index contributed by atoms with van der Waals surface area (Å²) in [4.78, 5) is 58.4. The van der Waals surface area contributed by atoms with Gasteiger partial charge >= 0.3 is 0 Å². The molecule has 6 rings (SSSR count). The molecule has 4 aromatic rings. The Hall–Kier alpha value is -4.78. The van der Waals surface area contributed by atoms with E-state index in [1.807, 2.05) is 46.7 Å². The number of carboxylic acids is 1. The minimum absolute atomic E-state index is 0.0201. The number of carboxylic acid groups (broad SMARTS) is 2. The SMILES string of the molecule is CO/N=C(\C(=O)C[C@@H]1C(=O)N2C(C(=O)[O-])=C(C[n+]3ccc4ccn(Cc5cc(C(=N)N)cs5)c4c3)CS[C@H]12)c1nc(N)sc1Cl.O=CO. The van der Waals surface area contributed by atoms with Gasteiger partial charge in [-0.2, -0.15) is 4.57 Å². The molecule has 0 radical (unpaired) electrons. The number of amides is 1. The fourth-order valence-electron chi connectivity index (χ4n) is 5.40. The molecule has 2 aliphatic heterocycles. The van der Waals surface area contributed by atoms with Crippen LogP contribution in [0.15, 0.2) is 58.6 Å². The summed E-state index contributed by atoms with van der Waals surface area (Å²) in [5.74, 6) is -2.91. The first kappa shape index (κ1) is 34.6. The number of thiophene rings is 1. The Morgan fingerprint density at radius 3 is 2.75 bits per heavy atom. The van der Waals surface area contributed by atoms with Gasteiger partial charge in [0.1, 0.15) is 28.5 Å². The van der Waals surface area contributed by atoms with Crippen LogP contribution in [0.3, 0.4) is 0 Å². The molecule has 4 aromatic heterocycles. The van der Waals surface area contributed by atoms with Gasteiger partial charge in [-0.05, 0) is 12.1 Å². The van der Waals surface area contributed by atoms with Crippen LogP contribution in [-0.2, 0) is 37.1 Å². The molecule has 1 saturated heterocycles. The van der Waals surface area contributed by atoms with E-state index >= 15 is 0 Å². The third kappa shape index (κ3) is 6.91. The number of hydrogen-bond donors (Lipinski definition) is 4. The number of β-lactam (4-membered cyclic amide) rings is 1. The molecule has 0 saturated carbocycles. The van der Waals surface area contributed by atoms with Crippen molar-refractivity contribution in [2.24, 2.45) is 16.8 Å². The number of amidine groups is 1. The van der Waals surface area contributed by atoms with Crippen molar-refractivity contribution in [1.82, 2.24) is 14.5 Å². The van der Waals surface area contributed by atoms with E-state index < -0.39 is 29.0 Å². The third-order valence-electron chi connectivity index (χ3n) is 7.47. The number of carbonyl (C=O) groups is 4. The predicted octanol–water partition coefficient (Wildman–Crippen LogP) is 1.26. The van der Waals surface area contributed by atoms with Gasteiger partial charge in [0.25, 0.3) is 6.47 Å². The second kappa shape index (κ2) is 14.5. The van der Waals surface area contributed by atoms with E-state index in [0.717, 1.165) is 27.1 Å². The van der Waals surface area contributed by atoms with Crippen LogP contribution in [0.4, 0.5) is 5.13 Å². The molecule has 48 heavy (non-hydrogen) atoms. The lowest BCUT2D eigenvalue weighted by molar-refractivity contribution is -0.687. The predicted molar refractivity (Wildman–Crippen MR) is 179 cm³/mol. The summed E-state index contributed by atoms with van der Waals surface area (Å²) in [7, 11) is 1.27. The number of nitrogens with zero attached hydrogens (tertiary/aromatic N) is 5. The van der Waals surface area contributed by atoms with Crippen molar-refractivity contribution < 1.29 is 38.8 Å². The Morgan fingerprint density at radius 2 is 2.12 bits per heavy atom. The number of nitrogens with one attached hydrogen (secondary N) is 1. The Labute approximate surface area is 289 Å². The largest absolute Gasteiger partial charge is 0.543 e. The lowest BCUT2D eigenvalue weighted by Crippen LogP contribution is -2.63. The summed E-state index contributed by atoms with van der Waals surface area (Å²) < 4.78 is 4.10. The number of anilines is 1. The van der Waals surface area contributed by atoms with Crippen molar-refractivity contribution in [3.05, 3.63) is 73.9 Å². The number of halogens is 1. The zero-order chi connectivity index (χ0) is 34.7. The Kier molecular flexibility index (Phi) is 10.5. The van der Waals surface area contributed by atoms with Crippen molar-refractivity contribution in [3.8, 4) is 0 Å². The Morgan fingerprint density at radius 1 is 1.38 bits per heavy atom. The maximum absolute atomic E-state index is 13.3. The standard InChI is InChI=1S/C28H25ClN8O5S3.CH2O2/c1-42-34-20(21-23(29)45-28(32)33-21)19(38)7-17-25(39)37-22(27(40)41)15(12-44-26(17)37)8-35-4-2-13-3-5-36(18(13)10-35)9-16-6-14(11-43-16)24(30)31;2-1-3/h2-6,10-11,17,26H,7-9,12H2,1H3,(H5-,30,31,32,33,40,41);1H,(H,2,3)/b34-20+;/t17-,26-;/m1./s1. The Balaban J connectivity index is 0.00000145. The van der Waals surface area contributed by atoms with Crippen molar-refractivity contribution >= 4 is 97.8 Å². The van der Waals surface area contributed by atoms with Crippen LogP contribution in [0.5, 0.6) is 0 Å². The molecule has 0 unspecified atom stereocenters. The van der Waals surface area contributed by atoms with Gasteiger partial charge in [-0.15, -0.1) is 23.1 Å². The fourth-order valence-corrected chi connectivity index (χ4v) is 8.62. The first-order valence-corrected chi connectivity index (χ1v) is 17.0. The summed E-state index contributed by atoms with van der Waals surface area (Å²) in [5, 5.41) is 33.1. The molecule has 2 atom stereocenters. The first-order chi connectivity index (χ1) is 23.0. The molecule has 0 aromatic carbocycles. The number of carbonyl (C=O) groups excluding carboxylic acids is 3. The monoisotopic (exact) mass is 730 g/mol. The molecule has 6 N–H and O–H groups in total. The van der Waals surface area contributed by atoms with Crippen molar-refractivity contribution in [2.45, 2.75) is 24.9 Å². The molecule has 1 amide bonds. The van der Waals surface area contributed by atoms with Crippen molar-refractivity contribution in [3.63, 3.8) is 0 Å². The number of fused-ring (bicyclic) bond motifs is 2. The molecule has 2 aliphatic rings. The van der Waals surface area contributed by atoms with Crippen molar-refractivity contribution in [2.75, 3.05) is 18.6 Å². The van der Waals surface area contributed by atoms with Gasteiger partial charge in [0, 0.05) is 51.2 Å². The number of thiazole rings is 1. The lowest BCUT2D eigenvalue weighted by atomic mass is 9.89. The molecule has 19 heteroatoms. The third-order valence-corrected chi connectivity index (χ3v) is 10.9. The molecule has 0 aliphatic carbocycles.